The van der Waals surface area contributed by atoms with E-state index in [0.717, 1.165) is 33.4 Å². The number of hydrogen-bond acceptors (Lipinski definition) is 11. The zero-order valence-electron chi connectivity index (χ0n) is 26.6. The van der Waals surface area contributed by atoms with Crippen molar-refractivity contribution in [3.8, 4) is 17.2 Å². The quantitative estimate of drug-likeness (QED) is 0.348. The van der Waals surface area contributed by atoms with Crippen LogP contribution in [0.1, 0.15) is 33.4 Å². The molecule has 0 amide bonds. The van der Waals surface area contributed by atoms with Gasteiger partial charge in [0.15, 0.2) is 0 Å². The Hall–Kier alpha value is -5.00. The molecule has 0 radical (unpaired) electrons. The van der Waals surface area contributed by atoms with Crippen molar-refractivity contribution in [2.24, 2.45) is 30.0 Å². The molecule has 0 fully saturated rings. The SMILES string of the molecule is Oc1cc2cc(c1)C=NCCN1CCN=Cc3cc(O)cc(c3)C=NCCN(CCN=C2)CCN=Cc2cc(O)cc(c2)C=NCC1. The summed E-state index contributed by atoms with van der Waals surface area (Å²) in [5.41, 5.74) is 4.86. The van der Waals surface area contributed by atoms with Crippen molar-refractivity contribution >= 4 is 37.3 Å². The van der Waals surface area contributed by atoms with Crippen LogP contribution in [0.5, 0.6) is 17.2 Å². The standard InChI is InChI=1S/C36H42N8O3/c45-34-16-28-13-29(17-34)23-40-4-10-44-11-5-41-26-32-14-30(18-35(46)20-32)24-38-2-8-43(7-1-37-22-28)9-3-39-25-31-15-33(21-36(47)19-31)27-42-6-12-44/h13-27,45-47H,1-12H2. The molecule has 0 aromatic heterocycles. The molecule has 6 rings (SSSR count). The minimum atomic E-state index is 0.171. The van der Waals surface area contributed by atoms with E-state index in [9.17, 15) is 15.3 Å². The average molecular weight is 635 g/mol. The van der Waals surface area contributed by atoms with Gasteiger partial charge in [0, 0.05) is 76.6 Å². The van der Waals surface area contributed by atoms with E-state index in [-0.39, 0.29) is 17.2 Å². The average Bonchev–Trinajstić information content (AvgIpc) is 3.03. The van der Waals surface area contributed by atoms with Crippen LogP contribution in [0.15, 0.2) is 84.6 Å². The molecule has 8 bridgehead atoms. The number of nitrogens with zero attached hydrogens (tertiary/aromatic N) is 8. The first-order valence-corrected chi connectivity index (χ1v) is 15.9. The van der Waals surface area contributed by atoms with E-state index in [1.54, 1.807) is 73.7 Å². The number of aliphatic imine (C=N–C) groups is 6. The van der Waals surface area contributed by atoms with Gasteiger partial charge in [-0.15, -0.1) is 0 Å². The largest absolute Gasteiger partial charge is 0.508 e. The third kappa shape index (κ3) is 11.7. The van der Waals surface area contributed by atoms with Crippen molar-refractivity contribution in [1.82, 2.24) is 9.80 Å². The molecule has 0 unspecified atom stereocenters. The van der Waals surface area contributed by atoms with Crippen molar-refractivity contribution in [1.29, 1.82) is 0 Å². The molecule has 3 N–H and O–H groups in total. The summed E-state index contributed by atoms with van der Waals surface area (Å²) in [5.74, 6) is 0.512. The Kier molecular flexibility index (Phi) is 12.5. The Balaban J connectivity index is 1.45. The molecule has 47 heavy (non-hydrogen) atoms. The van der Waals surface area contributed by atoms with E-state index in [1.165, 1.54) is 0 Å². The molecule has 0 spiro atoms. The van der Waals surface area contributed by atoms with Gasteiger partial charge < -0.3 is 15.3 Å². The maximum Gasteiger partial charge on any atom is 0.116 e. The van der Waals surface area contributed by atoms with Gasteiger partial charge in [0.05, 0.1) is 39.3 Å². The van der Waals surface area contributed by atoms with Gasteiger partial charge in [-0.25, -0.2) is 0 Å². The Morgan fingerprint density at radius 1 is 0.319 bits per heavy atom. The van der Waals surface area contributed by atoms with Crippen LogP contribution in [0.3, 0.4) is 0 Å². The van der Waals surface area contributed by atoms with Crippen LogP contribution < -0.4 is 0 Å². The Labute approximate surface area is 275 Å². The van der Waals surface area contributed by atoms with Gasteiger partial charge in [-0.1, -0.05) is 0 Å². The highest BCUT2D eigenvalue weighted by molar-refractivity contribution is 5.89. The normalized spacial score (nSPS) is 19.9. The second-order valence-corrected chi connectivity index (χ2v) is 11.5. The second-order valence-electron chi connectivity index (χ2n) is 11.5. The third-order valence-electron chi connectivity index (χ3n) is 7.60. The van der Waals surface area contributed by atoms with Gasteiger partial charge in [-0.05, 0) is 88.0 Å². The fraction of sp³-hybridized carbons (Fsp3) is 0.333. The van der Waals surface area contributed by atoms with Gasteiger partial charge in [0.25, 0.3) is 0 Å². The van der Waals surface area contributed by atoms with Crippen LogP contribution in [0.4, 0.5) is 0 Å². The fourth-order valence-corrected chi connectivity index (χ4v) is 5.31. The molecule has 3 aliphatic heterocycles. The molecule has 0 atom stereocenters. The topological polar surface area (TPSA) is 141 Å². The highest BCUT2D eigenvalue weighted by Gasteiger charge is 2.07. The van der Waals surface area contributed by atoms with E-state index in [1.807, 2.05) is 18.2 Å². The molecule has 0 saturated heterocycles. The number of fused-ring (bicyclic) bond motifs is 12. The first-order chi connectivity index (χ1) is 23.0. The van der Waals surface area contributed by atoms with Crippen LogP contribution >= 0.6 is 0 Å². The molecular weight excluding hydrogens is 592 g/mol. The highest BCUT2D eigenvalue weighted by Crippen LogP contribution is 2.16. The Bertz CT molecular complexity index is 1360. The van der Waals surface area contributed by atoms with E-state index in [2.05, 4.69) is 39.8 Å². The number of rotatable bonds is 0. The van der Waals surface area contributed by atoms with E-state index in [4.69, 9.17) is 0 Å². The first kappa shape index (κ1) is 33.4. The monoisotopic (exact) mass is 634 g/mol. The summed E-state index contributed by atoms with van der Waals surface area (Å²) in [6, 6.07) is 16.0. The lowest BCUT2D eigenvalue weighted by Gasteiger charge is -2.19. The van der Waals surface area contributed by atoms with E-state index >= 15 is 0 Å². The lowest BCUT2D eigenvalue weighted by Crippen LogP contribution is -2.31. The van der Waals surface area contributed by atoms with E-state index < -0.39 is 0 Å². The highest BCUT2D eigenvalue weighted by atomic mass is 16.3. The minimum Gasteiger partial charge on any atom is -0.508 e. The minimum absolute atomic E-state index is 0.171. The Morgan fingerprint density at radius 3 is 0.702 bits per heavy atom. The fourth-order valence-electron chi connectivity index (χ4n) is 5.31. The lowest BCUT2D eigenvalue weighted by molar-refractivity contribution is 0.298. The number of hydrogen-bond donors (Lipinski definition) is 3. The molecule has 3 aliphatic rings. The predicted octanol–water partition coefficient (Wildman–Crippen LogP) is 3.35. The first-order valence-electron chi connectivity index (χ1n) is 15.9. The molecule has 244 valence electrons. The number of phenolic OH excluding ortho intramolecular Hbond substituents is 3. The maximum absolute atomic E-state index is 10.3. The van der Waals surface area contributed by atoms with Crippen LogP contribution in [-0.4, -0.2) is 141 Å². The smallest absolute Gasteiger partial charge is 0.116 e. The third-order valence-corrected chi connectivity index (χ3v) is 7.60. The molecule has 3 aromatic rings. The molecule has 0 aliphatic carbocycles. The molecule has 0 saturated carbocycles. The summed E-state index contributed by atoms with van der Waals surface area (Å²) < 4.78 is 0. The van der Waals surface area contributed by atoms with Gasteiger partial charge >= 0.3 is 0 Å². The van der Waals surface area contributed by atoms with Crippen LogP contribution in [0, 0.1) is 0 Å². The molecule has 3 heterocycles. The summed E-state index contributed by atoms with van der Waals surface area (Å²) in [5, 5.41) is 31.0. The summed E-state index contributed by atoms with van der Waals surface area (Å²) in [4.78, 5) is 32.4. The lowest BCUT2D eigenvalue weighted by atomic mass is 10.1. The number of benzene rings is 3. The molecule has 11 heteroatoms. The zero-order valence-corrected chi connectivity index (χ0v) is 26.6. The van der Waals surface area contributed by atoms with E-state index in [0.29, 0.717) is 78.5 Å². The van der Waals surface area contributed by atoms with Crippen molar-refractivity contribution in [2.75, 3.05) is 78.5 Å². The van der Waals surface area contributed by atoms with Crippen LogP contribution in [0.2, 0.25) is 0 Å². The number of phenols is 3. The molecular formula is C36H42N8O3. The van der Waals surface area contributed by atoms with Gasteiger partial charge in [-0.3, -0.25) is 39.8 Å². The van der Waals surface area contributed by atoms with Crippen LogP contribution in [0.25, 0.3) is 0 Å². The van der Waals surface area contributed by atoms with Gasteiger partial charge in [0.1, 0.15) is 17.2 Å². The zero-order chi connectivity index (χ0) is 32.7. The van der Waals surface area contributed by atoms with Crippen molar-refractivity contribution in [3.05, 3.63) is 88.0 Å². The number of aromatic hydroxyl groups is 3. The summed E-state index contributed by atoms with van der Waals surface area (Å²) >= 11 is 0. The summed E-state index contributed by atoms with van der Waals surface area (Å²) in [6.07, 6.45) is 10.7. The van der Waals surface area contributed by atoms with Crippen LogP contribution in [-0.2, 0) is 0 Å². The predicted molar refractivity (Wildman–Crippen MR) is 192 cm³/mol. The Morgan fingerprint density at radius 2 is 0.511 bits per heavy atom. The van der Waals surface area contributed by atoms with Crippen molar-refractivity contribution < 1.29 is 15.3 Å². The molecule has 3 aromatic carbocycles. The summed E-state index contributed by atoms with van der Waals surface area (Å²) in [7, 11) is 0. The summed E-state index contributed by atoms with van der Waals surface area (Å²) in [6.45, 7) is 7.57. The van der Waals surface area contributed by atoms with Gasteiger partial charge in [0.2, 0.25) is 0 Å². The molecule has 11 nitrogen and oxygen atoms in total. The van der Waals surface area contributed by atoms with Crippen molar-refractivity contribution in [2.45, 2.75) is 0 Å². The van der Waals surface area contributed by atoms with Crippen molar-refractivity contribution in [3.63, 3.8) is 0 Å². The second kappa shape index (κ2) is 17.6. The van der Waals surface area contributed by atoms with Gasteiger partial charge in [-0.2, -0.15) is 0 Å². The maximum atomic E-state index is 10.3.